The highest BCUT2D eigenvalue weighted by molar-refractivity contribution is 5.67. The zero-order valence-electron chi connectivity index (χ0n) is 71.4. The van der Waals surface area contributed by atoms with E-state index in [0.717, 1.165) is 19.3 Å². The molecule has 0 fully saturated rings. The fraction of sp³-hybridized carbons (Fsp3) is 0.444. The van der Waals surface area contributed by atoms with E-state index < -0.39 is 0 Å². The first-order chi connectivity index (χ1) is 48.7. The van der Waals surface area contributed by atoms with Crippen LogP contribution in [0.25, 0.3) is 56.3 Å². The minimum atomic E-state index is 0.556. The third-order valence-corrected chi connectivity index (χ3v) is 20.9. The van der Waals surface area contributed by atoms with Crippen molar-refractivity contribution in [1.82, 2.24) is 0 Å². The molecule has 0 unspecified atom stereocenters. The highest BCUT2D eigenvalue weighted by Crippen LogP contribution is 2.33. The number of aromatic nitrogens is 5. The normalized spacial score (nSPS) is 11.4. The van der Waals surface area contributed by atoms with Crippen molar-refractivity contribution in [2.75, 3.05) is 0 Å². The van der Waals surface area contributed by atoms with Gasteiger partial charge in [-0.15, -0.1) is 0 Å². The molecular weight excluding hydrogens is 1260 g/mol. The molecule has 5 heterocycles. The van der Waals surface area contributed by atoms with Crippen molar-refractivity contribution in [2.45, 2.75) is 249 Å². The zero-order valence-corrected chi connectivity index (χ0v) is 71.4. The Morgan fingerprint density at radius 2 is 0.510 bits per heavy atom. The molecule has 0 spiro atoms. The van der Waals surface area contributed by atoms with Crippen LogP contribution in [0.4, 0.5) is 0 Å². The van der Waals surface area contributed by atoms with Gasteiger partial charge in [0.1, 0.15) is 35.2 Å². The largest absolute Gasteiger partial charge is 0.212 e. The van der Waals surface area contributed by atoms with E-state index in [0.29, 0.717) is 47.3 Å². The van der Waals surface area contributed by atoms with E-state index in [1.165, 1.54) is 168 Å². The number of pyridine rings is 5. The maximum absolute atomic E-state index is 2.37. The number of rotatable bonds is 16. The van der Waals surface area contributed by atoms with Crippen LogP contribution in [0.3, 0.4) is 0 Å². The van der Waals surface area contributed by atoms with Gasteiger partial charge in [0.05, 0.1) is 0 Å². The molecule has 0 saturated heterocycles. The lowest BCUT2D eigenvalue weighted by Crippen LogP contribution is -2.32. The second kappa shape index (κ2) is 37.7. The van der Waals surface area contributed by atoms with Crippen LogP contribution < -0.4 is 22.8 Å². The molecule has 5 aromatic heterocycles. The van der Waals surface area contributed by atoms with Gasteiger partial charge in [-0.05, 0) is 251 Å². The van der Waals surface area contributed by atoms with Gasteiger partial charge < -0.3 is 0 Å². The number of benzene rings is 5. The lowest BCUT2D eigenvalue weighted by molar-refractivity contribution is -0.661. The predicted molar refractivity (Wildman–Crippen MR) is 448 cm³/mol. The Morgan fingerprint density at radius 1 is 0.240 bits per heavy atom. The van der Waals surface area contributed by atoms with Crippen LogP contribution >= 0.6 is 0 Å². The summed E-state index contributed by atoms with van der Waals surface area (Å²) in [6.45, 7) is 62.7. The van der Waals surface area contributed by atoms with E-state index in [9.17, 15) is 0 Å². The van der Waals surface area contributed by atoms with Crippen LogP contribution in [-0.4, -0.2) is 0 Å². The van der Waals surface area contributed by atoms with E-state index in [1.54, 1.807) is 0 Å². The van der Waals surface area contributed by atoms with Gasteiger partial charge >= 0.3 is 0 Å². The van der Waals surface area contributed by atoms with Gasteiger partial charge in [-0.1, -0.05) is 184 Å². The van der Waals surface area contributed by atoms with Crippen molar-refractivity contribution in [3.8, 4) is 56.3 Å². The first kappa shape index (κ1) is 84.8. The summed E-state index contributed by atoms with van der Waals surface area (Å²) in [5.41, 5.74) is 41.1. The Labute approximate surface area is 634 Å². The summed E-state index contributed by atoms with van der Waals surface area (Å²) < 4.78 is 11.3. The van der Waals surface area contributed by atoms with E-state index in [2.05, 4.69) is 404 Å². The standard InChI is InChI=1S/2C21H30N.C20H28N.C19H26N.C18H24N/c1-14(2)10-18-8-9-19(16(5)11-18)21-12-20(15(3)4)17(6)13-22(21)7;1-14(2)10-18-8-9-19(16(5)11-18)21-12-17(6)20(15(3)4)13-22(21)7;1-13(2)17-8-9-18(15(5)10-17)20-11-19(14(3)4)16(6)12-21(20)7;1-7-16-8-9-17(14(4)10-16)19-11-18(13(2)3)15(5)12-20(19)6;1-12(2)17-10-18(19(6)11-15(17)5)16-8-7-13(3)9-14(16)4/h2*8-9,11-15H,10H2,1-7H3;8-14H,1-7H3;8-13H,7H2,1-6H3;7-12H,1-6H3/q5*+1. The summed E-state index contributed by atoms with van der Waals surface area (Å²) in [7, 11) is 10.7. The van der Waals surface area contributed by atoms with Crippen LogP contribution in [0.2, 0.25) is 0 Å². The molecule has 104 heavy (non-hydrogen) atoms. The maximum Gasteiger partial charge on any atom is 0.212 e. The topological polar surface area (TPSA) is 19.4 Å². The van der Waals surface area contributed by atoms with Crippen molar-refractivity contribution in [2.24, 2.45) is 47.1 Å². The number of aryl methyl sites for hydroxylation is 17. The van der Waals surface area contributed by atoms with Crippen LogP contribution in [0.5, 0.6) is 0 Å². The molecule has 0 radical (unpaired) electrons. The SMILES string of the molecule is CCc1ccc(-c2cc(C(C)C)c(C)c[n+]2C)c(C)c1.Cc1cc(C(C)C)ccc1-c1cc(C(C)C)c(C)c[n+]1C.Cc1cc(CC(C)C)ccc1-c1cc(C(C)C)c(C)c[n+]1C.Cc1cc(CC(C)C)ccc1-c1cc(C)c(C(C)C)c[n+]1C.Cc1ccc(-c2cc(C(C)C)c(C)c[n+]2C)c(C)c1. The second-order valence-electron chi connectivity index (χ2n) is 33.4. The highest BCUT2D eigenvalue weighted by Gasteiger charge is 2.24. The van der Waals surface area contributed by atoms with E-state index in [4.69, 9.17) is 0 Å². The number of hydrogen-bond acceptors (Lipinski definition) is 0. The van der Waals surface area contributed by atoms with E-state index in [-0.39, 0.29) is 0 Å². The first-order valence-electron chi connectivity index (χ1n) is 39.2. The summed E-state index contributed by atoms with van der Waals surface area (Å²) in [5, 5.41) is 0. The molecule has 5 heteroatoms. The predicted octanol–water partition coefficient (Wildman–Crippen LogP) is 24.0. The summed E-state index contributed by atoms with van der Waals surface area (Å²) in [6, 6.07) is 46.0. The quantitative estimate of drug-likeness (QED) is 0.0859. The molecule has 0 aliphatic heterocycles. The molecule has 0 bridgehead atoms. The lowest BCUT2D eigenvalue weighted by atomic mass is 9.93. The molecule has 0 atom stereocenters. The van der Waals surface area contributed by atoms with Gasteiger partial charge in [-0.25, -0.2) is 22.8 Å². The summed E-state index contributed by atoms with van der Waals surface area (Å²) in [4.78, 5) is 0. The Hall–Kier alpha value is -8.15. The van der Waals surface area contributed by atoms with Gasteiger partial charge in [0.2, 0.25) is 28.5 Å². The van der Waals surface area contributed by atoms with Gasteiger partial charge in [0, 0.05) is 86.0 Å². The van der Waals surface area contributed by atoms with Gasteiger partial charge in [-0.3, -0.25) is 0 Å². The van der Waals surface area contributed by atoms with Crippen molar-refractivity contribution >= 4 is 0 Å². The number of hydrogen-bond donors (Lipinski definition) is 0. The van der Waals surface area contributed by atoms with Crippen LogP contribution in [0.1, 0.15) is 264 Å². The smallest absolute Gasteiger partial charge is 0.201 e. The molecule has 5 aromatic carbocycles. The molecule has 554 valence electrons. The molecule has 5 nitrogen and oxygen atoms in total. The van der Waals surface area contributed by atoms with E-state index >= 15 is 0 Å². The van der Waals surface area contributed by atoms with Crippen LogP contribution in [0, 0.1) is 88.0 Å². The summed E-state index contributed by atoms with van der Waals surface area (Å²) in [6.07, 6.45) is 14.7. The molecule has 0 amide bonds. The van der Waals surface area contributed by atoms with Gasteiger partial charge in [0.25, 0.3) is 0 Å². The van der Waals surface area contributed by atoms with Crippen molar-refractivity contribution in [3.05, 3.63) is 264 Å². The molecule has 0 saturated carbocycles. The molecule has 10 rings (SSSR count). The fourth-order valence-electron chi connectivity index (χ4n) is 15.3. The van der Waals surface area contributed by atoms with Crippen molar-refractivity contribution < 1.29 is 22.8 Å². The average Bonchev–Trinajstić information content (AvgIpc) is 0.826. The monoisotopic (exact) mass is 1400 g/mol. The van der Waals surface area contributed by atoms with Crippen molar-refractivity contribution in [1.29, 1.82) is 0 Å². The zero-order chi connectivity index (χ0) is 77.6. The molecule has 0 aliphatic rings. The first-order valence-corrected chi connectivity index (χ1v) is 39.2. The number of nitrogens with zero attached hydrogens (tertiary/aromatic N) is 5. The van der Waals surface area contributed by atoms with Crippen molar-refractivity contribution in [3.63, 3.8) is 0 Å². The highest BCUT2D eigenvalue weighted by atomic mass is 14.9. The maximum atomic E-state index is 2.37. The van der Waals surface area contributed by atoms with Crippen LogP contribution in [-0.2, 0) is 54.5 Å². The minimum Gasteiger partial charge on any atom is -0.201 e. The minimum absolute atomic E-state index is 0.556. The molecular formula is C99H138N5+5. The lowest BCUT2D eigenvalue weighted by Gasteiger charge is -2.13. The Bertz CT molecular complexity index is 4560. The Morgan fingerprint density at radius 3 is 0.788 bits per heavy atom. The molecule has 0 aliphatic carbocycles. The fourth-order valence-corrected chi connectivity index (χ4v) is 15.3. The van der Waals surface area contributed by atoms with Gasteiger partial charge in [0.15, 0.2) is 31.0 Å². The Kier molecular flexibility index (Phi) is 30.7. The Balaban J connectivity index is 0.000000204. The third-order valence-electron chi connectivity index (χ3n) is 20.9. The molecule has 10 aromatic rings. The van der Waals surface area contributed by atoms with E-state index in [1.807, 2.05) is 0 Å². The summed E-state index contributed by atoms with van der Waals surface area (Å²) >= 11 is 0. The average molecular weight is 1400 g/mol. The molecule has 0 N–H and O–H groups in total. The summed E-state index contributed by atoms with van der Waals surface area (Å²) in [5.74, 6) is 4.78. The van der Waals surface area contributed by atoms with Gasteiger partial charge in [-0.2, -0.15) is 0 Å². The second-order valence-corrected chi connectivity index (χ2v) is 33.4. The third kappa shape index (κ3) is 22.2. The van der Waals surface area contributed by atoms with Crippen LogP contribution in [0.15, 0.2) is 152 Å².